The molecule has 2 aromatic carbocycles. The molecule has 0 unspecified atom stereocenters. The first-order valence-corrected chi connectivity index (χ1v) is 8.34. The molecule has 0 saturated carbocycles. The Morgan fingerprint density at radius 3 is 2.73 bits per heavy atom. The average molecular weight is 310 g/mol. The molecule has 1 aromatic heterocycles. The second kappa shape index (κ2) is 6.79. The molecule has 0 radical (unpaired) electrons. The molecule has 0 fully saturated rings. The maximum absolute atomic E-state index is 11.0. The standard InChI is InChI=1S/C18H18N2OS/c1-13(21)22-10-9-18-19-16-8-7-15(12-17(16)20-18)11-14-5-3-2-4-6-14/h2-8,12H,9-11H2,1H3,(H,19,20). The molecule has 0 aliphatic heterocycles. The van der Waals surface area contributed by atoms with E-state index in [1.165, 1.54) is 22.9 Å². The predicted molar refractivity (Wildman–Crippen MR) is 92.2 cm³/mol. The van der Waals surface area contributed by atoms with E-state index in [4.69, 9.17) is 0 Å². The molecule has 4 heteroatoms. The molecule has 0 aliphatic carbocycles. The fraction of sp³-hybridized carbons (Fsp3) is 0.222. The van der Waals surface area contributed by atoms with Gasteiger partial charge >= 0.3 is 0 Å². The highest BCUT2D eigenvalue weighted by Crippen LogP contribution is 2.17. The first-order valence-electron chi connectivity index (χ1n) is 7.35. The topological polar surface area (TPSA) is 45.8 Å². The summed E-state index contributed by atoms with van der Waals surface area (Å²) < 4.78 is 0. The summed E-state index contributed by atoms with van der Waals surface area (Å²) in [6, 6.07) is 16.8. The Labute approximate surface area is 134 Å². The summed E-state index contributed by atoms with van der Waals surface area (Å²) >= 11 is 1.34. The van der Waals surface area contributed by atoms with Crippen LogP contribution >= 0.6 is 11.8 Å². The molecule has 112 valence electrons. The van der Waals surface area contributed by atoms with Crippen LogP contribution < -0.4 is 0 Å². The van der Waals surface area contributed by atoms with Crippen LogP contribution in [0.1, 0.15) is 23.9 Å². The summed E-state index contributed by atoms with van der Waals surface area (Å²) in [6.07, 6.45) is 1.71. The summed E-state index contributed by atoms with van der Waals surface area (Å²) in [5.74, 6) is 1.71. The largest absolute Gasteiger partial charge is 0.342 e. The molecule has 3 aromatic rings. The van der Waals surface area contributed by atoms with Gasteiger partial charge in [0.05, 0.1) is 11.0 Å². The van der Waals surface area contributed by atoms with Gasteiger partial charge in [0.1, 0.15) is 5.82 Å². The van der Waals surface area contributed by atoms with Gasteiger partial charge in [-0.1, -0.05) is 48.2 Å². The van der Waals surface area contributed by atoms with E-state index in [0.29, 0.717) is 0 Å². The molecular formula is C18H18N2OS. The van der Waals surface area contributed by atoms with Crippen LogP contribution in [-0.2, 0) is 17.6 Å². The van der Waals surface area contributed by atoms with Crippen molar-refractivity contribution >= 4 is 27.9 Å². The predicted octanol–water partition coefficient (Wildman–Crippen LogP) is 3.98. The van der Waals surface area contributed by atoms with Gasteiger partial charge in [-0.3, -0.25) is 4.79 Å². The number of fused-ring (bicyclic) bond motifs is 1. The Hall–Kier alpha value is -2.07. The third kappa shape index (κ3) is 3.77. The van der Waals surface area contributed by atoms with Gasteiger partial charge in [-0.15, -0.1) is 0 Å². The SMILES string of the molecule is CC(=O)SCCc1nc2ccc(Cc3ccccc3)cc2[nH]1. The van der Waals surface area contributed by atoms with Gasteiger partial charge in [-0.2, -0.15) is 0 Å². The number of aromatic amines is 1. The van der Waals surface area contributed by atoms with Gasteiger partial charge in [-0.05, 0) is 29.7 Å². The lowest BCUT2D eigenvalue weighted by atomic mass is 10.0. The van der Waals surface area contributed by atoms with E-state index in [1.807, 2.05) is 6.07 Å². The number of rotatable bonds is 5. The smallest absolute Gasteiger partial charge is 0.185 e. The Bertz CT molecular complexity index is 780. The second-order valence-corrected chi connectivity index (χ2v) is 6.56. The average Bonchev–Trinajstić information content (AvgIpc) is 2.90. The molecule has 0 aliphatic rings. The number of thioether (sulfide) groups is 1. The van der Waals surface area contributed by atoms with Crippen LogP contribution in [0, 0.1) is 0 Å². The highest BCUT2D eigenvalue weighted by Gasteiger charge is 2.05. The Morgan fingerprint density at radius 1 is 1.14 bits per heavy atom. The fourth-order valence-corrected chi connectivity index (χ4v) is 3.04. The monoisotopic (exact) mass is 310 g/mol. The number of carbonyl (C=O) groups is 1. The van der Waals surface area contributed by atoms with Crippen LogP contribution in [0.15, 0.2) is 48.5 Å². The van der Waals surface area contributed by atoms with Crippen molar-refractivity contribution in [2.24, 2.45) is 0 Å². The van der Waals surface area contributed by atoms with Crippen molar-refractivity contribution in [2.75, 3.05) is 5.75 Å². The van der Waals surface area contributed by atoms with Gasteiger partial charge in [0.2, 0.25) is 0 Å². The number of H-pyrrole nitrogens is 1. The van der Waals surface area contributed by atoms with E-state index in [-0.39, 0.29) is 5.12 Å². The van der Waals surface area contributed by atoms with Crippen LogP contribution in [-0.4, -0.2) is 20.8 Å². The lowest BCUT2D eigenvalue weighted by Crippen LogP contribution is -1.93. The van der Waals surface area contributed by atoms with Gasteiger partial charge in [-0.25, -0.2) is 4.98 Å². The van der Waals surface area contributed by atoms with Crippen LogP contribution in [0.25, 0.3) is 11.0 Å². The molecule has 1 N–H and O–H groups in total. The fourth-order valence-electron chi connectivity index (χ4n) is 2.46. The highest BCUT2D eigenvalue weighted by molar-refractivity contribution is 8.13. The van der Waals surface area contributed by atoms with Crippen LogP contribution in [0.5, 0.6) is 0 Å². The number of imidazole rings is 1. The molecule has 0 saturated heterocycles. The minimum atomic E-state index is 0.154. The number of aryl methyl sites for hydroxylation is 1. The number of carbonyl (C=O) groups excluding carboxylic acids is 1. The maximum Gasteiger partial charge on any atom is 0.185 e. The normalized spacial score (nSPS) is 11.0. The van der Waals surface area contributed by atoms with E-state index in [2.05, 4.69) is 52.4 Å². The molecule has 3 rings (SSSR count). The zero-order chi connectivity index (χ0) is 15.4. The van der Waals surface area contributed by atoms with Crippen molar-refractivity contribution < 1.29 is 4.79 Å². The minimum absolute atomic E-state index is 0.154. The third-order valence-corrected chi connectivity index (χ3v) is 4.31. The van der Waals surface area contributed by atoms with Crippen molar-refractivity contribution in [3.63, 3.8) is 0 Å². The number of hydrogen-bond acceptors (Lipinski definition) is 3. The van der Waals surface area contributed by atoms with Crippen molar-refractivity contribution in [3.8, 4) is 0 Å². The second-order valence-electron chi connectivity index (χ2n) is 5.29. The zero-order valence-corrected chi connectivity index (χ0v) is 13.3. The van der Waals surface area contributed by atoms with Crippen LogP contribution in [0.2, 0.25) is 0 Å². The van der Waals surface area contributed by atoms with Gasteiger partial charge in [0.25, 0.3) is 0 Å². The molecule has 0 bridgehead atoms. The Balaban J connectivity index is 1.74. The summed E-state index contributed by atoms with van der Waals surface area (Å²) in [5.41, 5.74) is 4.63. The summed E-state index contributed by atoms with van der Waals surface area (Å²) in [5, 5.41) is 0.154. The van der Waals surface area contributed by atoms with E-state index in [0.717, 1.165) is 35.5 Å². The maximum atomic E-state index is 11.0. The quantitative estimate of drug-likeness (QED) is 0.775. The number of nitrogens with one attached hydrogen (secondary N) is 1. The van der Waals surface area contributed by atoms with Gasteiger partial charge < -0.3 is 4.98 Å². The van der Waals surface area contributed by atoms with E-state index >= 15 is 0 Å². The van der Waals surface area contributed by atoms with E-state index < -0.39 is 0 Å². The first-order chi connectivity index (χ1) is 10.7. The van der Waals surface area contributed by atoms with Crippen LogP contribution in [0.4, 0.5) is 0 Å². The van der Waals surface area contributed by atoms with Gasteiger partial charge in [0, 0.05) is 19.1 Å². The number of aromatic nitrogens is 2. The summed E-state index contributed by atoms with van der Waals surface area (Å²) in [7, 11) is 0. The number of benzene rings is 2. The first kappa shape index (κ1) is 14.9. The molecule has 0 spiro atoms. The molecule has 22 heavy (non-hydrogen) atoms. The van der Waals surface area contributed by atoms with Crippen molar-refractivity contribution in [2.45, 2.75) is 19.8 Å². The zero-order valence-electron chi connectivity index (χ0n) is 12.5. The summed E-state index contributed by atoms with van der Waals surface area (Å²) in [4.78, 5) is 18.9. The molecular weight excluding hydrogens is 292 g/mol. The Kier molecular flexibility index (Phi) is 4.59. The minimum Gasteiger partial charge on any atom is -0.342 e. The van der Waals surface area contributed by atoms with E-state index in [1.54, 1.807) is 6.92 Å². The van der Waals surface area contributed by atoms with Gasteiger partial charge in [0.15, 0.2) is 5.12 Å². The van der Waals surface area contributed by atoms with Crippen molar-refractivity contribution in [1.82, 2.24) is 9.97 Å². The van der Waals surface area contributed by atoms with Crippen molar-refractivity contribution in [3.05, 3.63) is 65.5 Å². The lowest BCUT2D eigenvalue weighted by Gasteiger charge is -2.01. The van der Waals surface area contributed by atoms with Crippen molar-refractivity contribution in [1.29, 1.82) is 0 Å². The molecule has 1 heterocycles. The lowest BCUT2D eigenvalue weighted by molar-refractivity contribution is -0.109. The Morgan fingerprint density at radius 2 is 1.95 bits per heavy atom. The molecule has 0 atom stereocenters. The molecule has 0 amide bonds. The number of hydrogen-bond donors (Lipinski definition) is 1. The third-order valence-electron chi connectivity index (χ3n) is 3.49. The highest BCUT2D eigenvalue weighted by atomic mass is 32.2. The summed E-state index contributed by atoms with van der Waals surface area (Å²) in [6.45, 7) is 1.60. The number of nitrogens with zero attached hydrogens (tertiary/aromatic N) is 1. The molecule has 3 nitrogen and oxygen atoms in total. The van der Waals surface area contributed by atoms with Crippen LogP contribution in [0.3, 0.4) is 0 Å². The van der Waals surface area contributed by atoms with E-state index in [9.17, 15) is 4.79 Å².